The maximum atomic E-state index is 13.1. The van der Waals surface area contributed by atoms with Gasteiger partial charge in [0.1, 0.15) is 19.3 Å². The maximum Gasteiger partial charge on any atom is 0.472 e. The van der Waals surface area contributed by atoms with Crippen LogP contribution in [0.2, 0.25) is 0 Å². The smallest absolute Gasteiger partial charge is 0.462 e. The third-order valence-electron chi connectivity index (χ3n) is 18.9. The molecule has 0 aliphatic rings. The minimum Gasteiger partial charge on any atom is -0.462 e. The summed E-state index contributed by atoms with van der Waals surface area (Å²) in [6.45, 7) is 9.64. The normalized spacial score (nSPS) is 14.5. The fourth-order valence-electron chi connectivity index (χ4n) is 11.9. The van der Waals surface area contributed by atoms with E-state index in [1.807, 2.05) is 0 Å². The Bertz CT molecular complexity index is 1880. The molecule has 576 valence electrons. The Hall–Kier alpha value is -1.94. The van der Waals surface area contributed by atoms with Gasteiger partial charge < -0.3 is 33.8 Å². The second-order valence-corrected chi connectivity index (χ2v) is 31.5. The van der Waals surface area contributed by atoms with Gasteiger partial charge in [0.2, 0.25) is 0 Å². The molecule has 0 amide bonds. The SMILES string of the molecule is CCCCCCCCCCCCCCCC(=O)OC[C@H](COP(=O)(O)OC[C@@H](O)COP(=O)(O)OC[C@@H](COC(=O)CCCCCCCCC(C)CC)OC(=O)CCCCCCCCCCCCCC)OC(=O)CCCCCCCCCCCCCCCCCCCCC(C)CC. The average Bonchev–Trinajstić information content (AvgIpc) is 1.04. The van der Waals surface area contributed by atoms with E-state index in [-0.39, 0.29) is 25.7 Å². The molecular weight excluding hydrogens is 1270 g/mol. The summed E-state index contributed by atoms with van der Waals surface area (Å²) >= 11 is 0. The summed E-state index contributed by atoms with van der Waals surface area (Å²) in [6.07, 6.45) is 58.2. The van der Waals surface area contributed by atoms with Crippen molar-refractivity contribution < 1.29 is 80.2 Å². The fourth-order valence-corrected chi connectivity index (χ4v) is 13.5. The Kier molecular flexibility index (Phi) is 68.4. The number of phosphoric ester groups is 2. The predicted octanol–water partition coefficient (Wildman–Crippen LogP) is 23.1. The number of rotatable bonds is 77. The number of carbonyl (C=O) groups is 4. The number of aliphatic hydroxyl groups excluding tert-OH is 1. The second kappa shape index (κ2) is 69.8. The molecule has 97 heavy (non-hydrogen) atoms. The van der Waals surface area contributed by atoms with E-state index in [0.717, 1.165) is 108 Å². The highest BCUT2D eigenvalue weighted by Crippen LogP contribution is 2.45. The summed E-state index contributed by atoms with van der Waals surface area (Å²) in [5.41, 5.74) is 0. The number of hydrogen-bond donors (Lipinski definition) is 3. The second-order valence-electron chi connectivity index (χ2n) is 28.6. The highest BCUT2D eigenvalue weighted by Gasteiger charge is 2.30. The molecule has 0 fully saturated rings. The number of phosphoric acid groups is 2. The van der Waals surface area contributed by atoms with E-state index in [0.29, 0.717) is 25.7 Å². The summed E-state index contributed by atoms with van der Waals surface area (Å²) in [5, 5.41) is 10.6. The van der Waals surface area contributed by atoms with Gasteiger partial charge in [-0.1, -0.05) is 356 Å². The van der Waals surface area contributed by atoms with Crippen LogP contribution in [0.3, 0.4) is 0 Å². The molecule has 0 spiro atoms. The zero-order chi connectivity index (χ0) is 71.4. The molecule has 0 aliphatic carbocycles. The van der Waals surface area contributed by atoms with Crippen molar-refractivity contribution in [2.75, 3.05) is 39.6 Å². The van der Waals surface area contributed by atoms with Crippen LogP contribution < -0.4 is 0 Å². The molecule has 7 atom stereocenters. The maximum absolute atomic E-state index is 13.1. The molecule has 0 radical (unpaired) electrons. The van der Waals surface area contributed by atoms with E-state index < -0.39 is 97.5 Å². The van der Waals surface area contributed by atoms with Crippen molar-refractivity contribution in [3.63, 3.8) is 0 Å². The lowest BCUT2D eigenvalue weighted by atomic mass is 9.99. The molecule has 0 aromatic heterocycles. The monoisotopic (exact) mass is 1420 g/mol. The first kappa shape index (κ1) is 95.1. The van der Waals surface area contributed by atoms with Crippen LogP contribution in [0.5, 0.6) is 0 Å². The molecule has 0 saturated heterocycles. The Balaban J connectivity index is 5.19. The molecule has 0 aliphatic heterocycles. The topological polar surface area (TPSA) is 237 Å². The van der Waals surface area contributed by atoms with Gasteiger partial charge in [-0.2, -0.15) is 0 Å². The average molecular weight is 1420 g/mol. The van der Waals surface area contributed by atoms with Crippen LogP contribution in [0.15, 0.2) is 0 Å². The van der Waals surface area contributed by atoms with Gasteiger partial charge in [0.15, 0.2) is 12.2 Å². The summed E-state index contributed by atoms with van der Waals surface area (Å²) in [6, 6.07) is 0. The van der Waals surface area contributed by atoms with E-state index in [1.165, 1.54) is 218 Å². The molecule has 0 rings (SSSR count). The van der Waals surface area contributed by atoms with Crippen molar-refractivity contribution in [1.29, 1.82) is 0 Å². The molecule has 4 unspecified atom stereocenters. The van der Waals surface area contributed by atoms with Gasteiger partial charge in [0.05, 0.1) is 26.4 Å². The number of hydrogen-bond acceptors (Lipinski definition) is 15. The van der Waals surface area contributed by atoms with Crippen LogP contribution in [-0.4, -0.2) is 96.7 Å². The Morgan fingerprint density at radius 1 is 0.289 bits per heavy atom. The zero-order valence-electron chi connectivity index (χ0n) is 63.4. The van der Waals surface area contributed by atoms with E-state index in [1.54, 1.807) is 0 Å². The fraction of sp³-hybridized carbons (Fsp3) is 0.949. The minimum atomic E-state index is -4.96. The number of carbonyl (C=O) groups excluding carboxylic acids is 4. The van der Waals surface area contributed by atoms with Gasteiger partial charge in [-0.05, 0) is 37.5 Å². The highest BCUT2D eigenvalue weighted by molar-refractivity contribution is 7.47. The zero-order valence-corrected chi connectivity index (χ0v) is 65.2. The molecule has 17 nitrogen and oxygen atoms in total. The summed E-state index contributed by atoms with van der Waals surface area (Å²) in [4.78, 5) is 72.8. The molecule has 19 heteroatoms. The van der Waals surface area contributed by atoms with Gasteiger partial charge in [-0.15, -0.1) is 0 Å². The van der Waals surface area contributed by atoms with Crippen molar-refractivity contribution in [2.45, 2.75) is 426 Å². The molecule has 0 aromatic carbocycles. The van der Waals surface area contributed by atoms with Crippen LogP contribution in [0.1, 0.15) is 408 Å². The third-order valence-corrected chi connectivity index (χ3v) is 20.8. The van der Waals surface area contributed by atoms with Crippen LogP contribution in [-0.2, 0) is 65.4 Å². The minimum absolute atomic E-state index is 0.107. The van der Waals surface area contributed by atoms with Gasteiger partial charge in [0.25, 0.3) is 0 Å². The van der Waals surface area contributed by atoms with Crippen molar-refractivity contribution in [2.24, 2.45) is 11.8 Å². The van der Waals surface area contributed by atoms with Crippen molar-refractivity contribution >= 4 is 39.5 Å². The highest BCUT2D eigenvalue weighted by atomic mass is 31.2. The first-order valence-corrected chi connectivity index (χ1v) is 43.6. The van der Waals surface area contributed by atoms with Gasteiger partial charge in [0, 0.05) is 25.7 Å². The first-order chi connectivity index (χ1) is 46.9. The lowest BCUT2D eigenvalue weighted by Gasteiger charge is -2.21. The summed E-state index contributed by atoms with van der Waals surface area (Å²) in [5.74, 6) is -0.511. The van der Waals surface area contributed by atoms with Crippen LogP contribution >= 0.6 is 15.6 Å². The predicted molar refractivity (Wildman–Crippen MR) is 395 cm³/mol. The lowest BCUT2D eigenvalue weighted by Crippen LogP contribution is -2.30. The first-order valence-electron chi connectivity index (χ1n) is 40.6. The van der Waals surface area contributed by atoms with E-state index in [9.17, 15) is 43.2 Å². The summed E-state index contributed by atoms with van der Waals surface area (Å²) in [7, 11) is -9.91. The van der Waals surface area contributed by atoms with Crippen LogP contribution in [0.4, 0.5) is 0 Å². The van der Waals surface area contributed by atoms with Crippen molar-refractivity contribution in [1.82, 2.24) is 0 Å². The Morgan fingerprint density at radius 2 is 0.495 bits per heavy atom. The largest absolute Gasteiger partial charge is 0.472 e. The molecule has 0 heterocycles. The third kappa shape index (κ3) is 69.5. The molecule has 0 bridgehead atoms. The van der Waals surface area contributed by atoms with Crippen LogP contribution in [0, 0.1) is 11.8 Å². The molecular formula is C78H152O17P2. The number of esters is 4. The van der Waals surface area contributed by atoms with Crippen LogP contribution in [0.25, 0.3) is 0 Å². The van der Waals surface area contributed by atoms with Gasteiger partial charge >= 0.3 is 39.5 Å². The molecule has 0 saturated carbocycles. The standard InChI is InChI=1S/C78H152O17P2/c1-7-11-13-15-17-19-21-29-34-37-41-48-54-60-75(80)88-66-73(94-78(83)63-57-51-43-39-35-31-28-26-24-23-25-27-30-32-36-40-46-52-58-70(5)9-3)68-92-96(84,85)90-64-72(79)65-91-97(86,87)93-69-74(67-89-76(81)61-55-49-45-44-47-53-59-71(6)10-4)95-77(82)62-56-50-42-38-33-22-20-18-16-14-12-8-2/h70-74,79H,7-69H2,1-6H3,(H,84,85)(H,86,87)/t70?,71?,72-,73-,74-/m1/s1. The number of ether oxygens (including phenoxy) is 4. The number of aliphatic hydroxyl groups is 1. The van der Waals surface area contributed by atoms with Gasteiger partial charge in [-0.3, -0.25) is 37.3 Å². The van der Waals surface area contributed by atoms with Crippen molar-refractivity contribution in [3.8, 4) is 0 Å². The van der Waals surface area contributed by atoms with Crippen molar-refractivity contribution in [3.05, 3.63) is 0 Å². The van der Waals surface area contributed by atoms with Gasteiger partial charge in [-0.25, -0.2) is 9.13 Å². The molecule has 0 aromatic rings. The van der Waals surface area contributed by atoms with E-state index in [2.05, 4.69) is 41.5 Å². The lowest BCUT2D eigenvalue weighted by molar-refractivity contribution is -0.161. The Labute approximate surface area is 594 Å². The number of unbranched alkanes of at least 4 members (excludes halogenated alkanes) is 45. The molecule has 3 N–H and O–H groups in total. The summed E-state index contributed by atoms with van der Waals surface area (Å²) < 4.78 is 68.6. The van der Waals surface area contributed by atoms with E-state index in [4.69, 9.17) is 37.0 Å². The Morgan fingerprint density at radius 3 is 0.732 bits per heavy atom. The van der Waals surface area contributed by atoms with E-state index >= 15 is 0 Å². The quantitative estimate of drug-likeness (QED) is 0.0222.